The third kappa shape index (κ3) is 3.29. The Morgan fingerprint density at radius 3 is 2.85 bits per heavy atom. The van der Waals surface area contributed by atoms with Gasteiger partial charge in [-0.3, -0.25) is 4.90 Å². The van der Waals surface area contributed by atoms with Crippen molar-refractivity contribution in [2.75, 3.05) is 26.3 Å². The van der Waals surface area contributed by atoms with E-state index < -0.39 is 0 Å². The van der Waals surface area contributed by atoms with Crippen molar-refractivity contribution in [2.45, 2.75) is 25.3 Å². The zero-order valence-corrected chi connectivity index (χ0v) is 16.2. The average molecular weight is 381 g/mol. The largest absolute Gasteiger partial charge is 0.381 e. The molecule has 2 atom stereocenters. The topological polar surface area (TPSA) is 28.3 Å². The molecule has 2 aromatic carbocycles. The molecule has 0 bridgehead atoms. The molecule has 5 rings (SSSR count). The Bertz CT molecular complexity index is 930. The minimum absolute atomic E-state index is 0.408. The number of benzene rings is 2. The number of ether oxygens (including phenoxy) is 1. The number of aromatic amines is 1. The standard InChI is InChI=1S/C23H25ClN2O/c24-18-6-7-21-20(14-18)19-9-12-26(11-8-16-4-2-1-3-5-16)23(22(19)25-21)17-10-13-27-15-17/h1-7,14,17,23,25H,8-13,15H2. The number of H-pyrrole nitrogens is 1. The molecule has 1 saturated heterocycles. The van der Waals surface area contributed by atoms with Crippen LogP contribution in [0.4, 0.5) is 0 Å². The van der Waals surface area contributed by atoms with Crippen LogP contribution in [0.5, 0.6) is 0 Å². The quantitative estimate of drug-likeness (QED) is 0.689. The summed E-state index contributed by atoms with van der Waals surface area (Å²) >= 11 is 6.28. The van der Waals surface area contributed by atoms with E-state index in [9.17, 15) is 0 Å². The molecule has 27 heavy (non-hydrogen) atoms. The SMILES string of the molecule is Clc1ccc2[nH]c3c(c2c1)CCN(CCc1ccccc1)C3C1CCOC1. The average Bonchev–Trinajstić information content (AvgIpc) is 3.34. The highest BCUT2D eigenvalue weighted by atomic mass is 35.5. The van der Waals surface area contributed by atoms with Crippen molar-refractivity contribution in [1.82, 2.24) is 9.88 Å². The number of halogens is 1. The van der Waals surface area contributed by atoms with Crippen LogP contribution < -0.4 is 0 Å². The predicted molar refractivity (Wildman–Crippen MR) is 110 cm³/mol. The Morgan fingerprint density at radius 2 is 2.04 bits per heavy atom. The summed E-state index contributed by atoms with van der Waals surface area (Å²) in [5, 5.41) is 2.11. The zero-order chi connectivity index (χ0) is 18.2. The van der Waals surface area contributed by atoms with Crippen LogP contribution in [-0.4, -0.2) is 36.2 Å². The second kappa shape index (κ2) is 7.31. The van der Waals surface area contributed by atoms with Gasteiger partial charge in [0.05, 0.1) is 12.6 Å². The first-order valence-electron chi connectivity index (χ1n) is 9.95. The lowest BCUT2D eigenvalue weighted by Gasteiger charge is -2.39. The van der Waals surface area contributed by atoms with E-state index in [0.717, 1.165) is 50.6 Å². The molecule has 2 aliphatic rings. The van der Waals surface area contributed by atoms with Crippen LogP contribution in [0, 0.1) is 5.92 Å². The highest BCUT2D eigenvalue weighted by molar-refractivity contribution is 6.31. The maximum Gasteiger partial charge on any atom is 0.0552 e. The van der Waals surface area contributed by atoms with Gasteiger partial charge in [0.25, 0.3) is 0 Å². The highest BCUT2D eigenvalue weighted by Crippen LogP contribution is 2.41. The molecule has 0 radical (unpaired) electrons. The van der Waals surface area contributed by atoms with Gasteiger partial charge in [0, 0.05) is 47.2 Å². The zero-order valence-electron chi connectivity index (χ0n) is 15.5. The normalized spacial score (nSPS) is 23.0. The Labute approximate surface area is 165 Å². The Hall–Kier alpha value is -1.81. The molecule has 1 aromatic heterocycles. The van der Waals surface area contributed by atoms with Crippen molar-refractivity contribution in [2.24, 2.45) is 5.92 Å². The minimum atomic E-state index is 0.408. The summed E-state index contributed by atoms with van der Waals surface area (Å²) in [7, 11) is 0. The molecule has 3 aromatic rings. The fourth-order valence-electron chi connectivity index (χ4n) is 4.84. The fourth-order valence-corrected chi connectivity index (χ4v) is 5.02. The number of rotatable bonds is 4. The van der Waals surface area contributed by atoms with E-state index >= 15 is 0 Å². The molecule has 140 valence electrons. The number of fused-ring (bicyclic) bond motifs is 3. The van der Waals surface area contributed by atoms with Crippen molar-refractivity contribution < 1.29 is 4.74 Å². The first-order valence-corrected chi connectivity index (χ1v) is 10.3. The first-order chi connectivity index (χ1) is 13.3. The maximum absolute atomic E-state index is 6.28. The second-order valence-corrected chi connectivity index (χ2v) is 8.23. The minimum Gasteiger partial charge on any atom is -0.381 e. The fraction of sp³-hybridized carbons (Fsp3) is 0.391. The summed E-state index contributed by atoms with van der Waals surface area (Å²) in [5.74, 6) is 0.559. The van der Waals surface area contributed by atoms with Crippen molar-refractivity contribution in [3.05, 3.63) is 70.4 Å². The first kappa shape index (κ1) is 17.3. The molecule has 3 nitrogen and oxygen atoms in total. The van der Waals surface area contributed by atoms with Gasteiger partial charge in [-0.25, -0.2) is 0 Å². The van der Waals surface area contributed by atoms with Gasteiger partial charge in [0.15, 0.2) is 0 Å². The molecule has 1 N–H and O–H groups in total. The number of aromatic nitrogens is 1. The summed E-state index contributed by atoms with van der Waals surface area (Å²) in [5.41, 5.74) is 5.47. The summed E-state index contributed by atoms with van der Waals surface area (Å²) < 4.78 is 5.77. The molecule has 2 unspecified atom stereocenters. The number of hydrogen-bond acceptors (Lipinski definition) is 2. The number of nitrogens with zero attached hydrogens (tertiary/aromatic N) is 1. The molecule has 2 aliphatic heterocycles. The van der Waals surface area contributed by atoms with E-state index in [2.05, 4.69) is 52.3 Å². The lowest BCUT2D eigenvalue weighted by atomic mass is 9.87. The monoisotopic (exact) mass is 380 g/mol. The smallest absolute Gasteiger partial charge is 0.0552 e. The van der Waals surface area contributed by atoms with Crippen LogP contribution in [-0.2, 0) is 17.6 Å². The summed E-state index contributed by atoms with van der Waals surface area (Å²) in [4.78, 5) is 6.41. The molecular formula is C23H25ClN2O. The van der Waals surface area contributed by atoms with Gasteiger partial charge in [-0.15, -0.1) is 0 Å². The van der Waals surface area contributed by atoms with Crippen LogP contribution >= 0.6 is 11.6 Å². The molecule has 0 amide bonds. The lowest BCUT2D eigenvalue weighted by molar-refractivity contribution is 0.109. The van der Waals surface area contributed by atoms with Gasteiger partial charge in [-0.2, -0.15) is 0 Å². The third-order valence-electron chi connectivity index (χ3n) is 6.18. The maximum atomic E-state index is 6.28. The van der Waals surface area contributed by atoms with E-state index in [1.807, 2.05) is 6.07 Å². The molecular weight excluding hydrogens is 356 g/mol. The van der Waals surface area contributed by atoms with Crippen LogP contribution in [0.25, 0.3) is 10.9 Å². The highest BCUT2D eigenvalue weighted by Gasteiger charge is 2.37. The van der Waals surface area contributed by atoms with Gasteiger partial charge in [0.1, 0.15) is 0 Å². The molecule has 0 saturated carbocycles. The van der Waals surface area contributed by atoms with Crippen LogP contribution in [0.1, 0.15) is 29.3 Å². The Morgan fingerprint density at radius 1 is 1.15 bits per heavy atom. The third-order valence-corrected chi connectivity index (χ3v) is 6.42. The second-order valence-electron chi connectivity index (χ2n) is 7.80. The van der Waals surface area contributed by atoms with Gasteiger partial charge >= 0.3 is 0 Å². The van der Waals surface area contributed by atoms with E-state index in [4.69, 9.17) is 16.3 Å². The van der Waals surface area contributed by atoms with E-state index in [0.29, 0.717) is 12.0 Å². The van der Waals surface area contributed by atoms with Crippen molar-refractivity contribution in [3.8, 4) is 0 Å². The van der Waals surface area contributed by atoms with Crippen LogP contribution in [0.15, 0.2) is 48.5 Å². The van der Waals surface area contributed by atoms with Gasteiger partial charge in [0.2, 0.25) is 0 Å². The Kier molecular flexibility index (Phi) is 4.68. The van der Waals surface area contributed by atoms with E-state index in [-0.39, 0.29) is 0 Å². The summed E-state index contributed by atoms with van der Waals surface area (Å²) in [6.07, 6.45) is 3.31. The van der Waals surface area contributed by atoms with E-state index in [1.54, 1.807) is 0 Å². The molecule has 4 heteroatoms. The van der Waals surface area contributed by atoms with Crippen molar-refractivity contribution in [3.63, 3.8) is 0 Å². The van der Waals surface area contributed by atoms with E-state index in [1.165, 1.54) is 27.7 Å². The Balaban J connectivity index is 1.48. The molecule has 0 spiro atoms. The van der Waals surface area contributed by atoms with Gasteiger partial charge in [-0.05, 0) is 48.6 Å². The molecule has 3 heterocycles. The van der Waals surface area contributed by atoms with Gasteiger partial charge in [-0.1, -0.05) is 41.9 Å². The molecule has 0 aliphatic carbocycles. The lowest BCUT2D eigenvalue weighted by Crippen LogP contribution is -2.40. The summed E-state index contributed by atoms with van der Waals surface area (Å²) in [6, 6.07) is 17.4. The van der Waals surface area contributed by atoms with Crippen molar-refractivity contribution >= 4 is 22.5 Å². The van der Waals surface area contributed by atoms with Gasteiger partial charge < -0.3 is 9.72 Å². The van der Waals surface area contributed by atoms with Crippen LogP contribution in [0.2, 0.25) is 5.02 Å². The predicted octanol–water partition coefficient (Wildman–Crippen LogP) is 5.00. The molecule has 1 fully saturated rings. The van der Waals surface area contributed by atoms with Crippen molar-refractivity contribution in [1.29, 1.82) is 0 Å². The summed E-state index contributed by atoms with van der Waals surface area (Å²) in [6.45, 7) is 3.93. The van der Waals surface area contributed by atoms with Crippen LogP contribution in [0.3, 0.4) is 0 Å². The number of nitrogens with one attached hydrogen (secondary N) is 1. The number of hydrogen-bond donors (Lipinski definition) is 1.